The van der Waals surface area contributed by atoms with Gasteiger partial charge in [0.25, 0.3) is 5.91 Å². The van der Waals surface area contributed by atoms with E-state index in [4.69, 9.17) is 27.9 Å². The minimum Gasteiger partial charge on any atom is -0.484 e. The van der Waals surface area contributed by atoms with Gasteiger partial charge in [-0.25, -0.2) is 0 Å². The highest BCUT2D eigenvalue weighted by molar-refractivity contribution is 6.30. The Balaban J connectivity index is 1.88. The van der Waals surface area contributed by atoms with Gasteiger partial charge in [-0.05, 0) is 31.0 Å². The molecule has 0 bridgehead atoms. The number of carbonyl (C=O) groups excluding carboxylic acids is 1. The molecule has 0 aliphatic carbocycles. The smallest absolute Gasteiger partial charge is 0.260 e. The maximum absolute atomic E-state index is 12.0. The molecule has 1 fully saturated rings. The van der Waals surface area contributed by atoms with Crippen LogP contribution in [0.3, 0.4) is 0 Å². The molecule has 1 saturated heterocycles. The molecule has 1 atom stereocenters. The summed E-state index contributed by atoms with van der Waals surface area (Å²) in [5.74, 6) is 1.08. The minimum atomic E-state index is -0.0156. The maximum Gasteiger partial charge on any atom is 0.260 e. The van der Waals surface area contributed by atoms with Crippen molar-refractivity contribution in [3.8, 4) is 5.75 Å². The van der Waals surface area contributed by atoms with Crippen molar-refractivity contribution in [1.29, 1.82) is 0 Å². The zero-order valence-corrected chi connectivity index (χ0v) is 11.5. The number of halogens is 2. The molecule has 1 unspecified atom stereocenters. The molecule has 1 aliphatic heterocycles. The summed E-state index contributed by atoms with van der Waals surface area (Å²) in [5.41, 5.74) is 0. The molecular formula is C13H15Cl2NO2. The molecule has 0 spiro atoms. The highest BCUT2D eigenvalue weighted by Gasteiger charge is 2.27. The highest BCUT2D eigenvalue weighted by Crippen LogP contribution is 2.20. The largest absolute Gasteiger partial charge is 0.484 e. The number of benzene rings is 1. The fraction of sp³-hybridized carbons (Fsp3) is 0.462. The van der Waals surface area contributed by atoms with Gasteiger partial charge in [-0.15, -0.1) is 11.6 Å². The summed E-state index contributed by atoms with van der Waals surface area (Å²) in [7, 11) is 0. The van der Waals surface area contributed by atoms with E-state index in [1.165, 1.54) is 0 Å². The van der Waals surface area contributed by atoms with E-state index < -0.39 is 0 Å². The van der Waals surface area contributed by atoms with Crippen LogP contribution in [0, 0.1) is 0 Å². The normalized spacial score (nSPS) is 19.0. The number of amides is 1. The monoisotopic (exact) mass is 287 g/mol. The predicted molar refractivity (Wildman–Crippen MR) is 72.4 cm³/mol. The number of alkyl halides is 1. The van der Waals surface area contributed by atoms with Gasteiger partial charge in [0.05, 0.1) is 0 Å². The number of hydrogen-bond donors (Lipinski definition) is 0. The molecule has 1 aliphatic rings. The maximum atomic E-state index is 12.0. The highest BCUT2D eigenvalue weighted by atomic mass is 35.5. The molecular weight excluding hydrogens is 273 g/mol. The second-order valence-electron chi connectivity index (χ2n) is 4.28. The number of rotatable bonds is 4. The zero-order valence-electron chi connectivity index (χ0n) is 9.94. The van der Waals surface area contributed by atoms with Gasteiger partial charge in [-0.1, -0.05) is 17.7 Å². The quantitative estimate of drug-likeness (QED) is 0.797. The second kappa shape index (κ2) is 6.30. The van der Waals surface area contributed by atoms with Gasteiger partial charge in [0.15, 0.2) is 6.61 Å². The molecule has 1 amide bonds. The molecule has 1 heterocycles. The second-order valence-corrected chi connectivity index (χ2v) is 5.03. The van der Waals surface area contributed by atoms with E-state index >= 15 is 0 Å². The average molecular weight is 288 g/mol. The summed E-state index contributed by atoms with van der Waals surface area (Å²) in [6.07, 6.45) is 1.99. The van der Waals surface area contributed by atoms with Crippen LogP contribution in [0.15, 0.2) is 24.3 Å². The fourth-order valence-corrected chi connectivity index (χ4v) is 2.61. The number of nitrogens with zero attached hydrogens (tertiary/aromatic N) is 1. The van der Waals surface area contributed by atoms with Crippen LogP contribution in [-0.4, -0.2) is 35.9 Å². The lowest BCUT2D eigenvalue weighted by Crippen LogP contribution is -2.39. The molecule has 1 aromatic carbocycles. The topological polar surface area (TPSA) is 29.5 Å². The van der Waals surface area contributed by atoms with Crippen molar-refractivity contribution < 1.29 is 9.53 Å². The van der Waals surface area contributed by atoms with E-state index in [0.29, 0.717) is 16.7 Å². The Kier molecular flexibility index (Phi) is 4.72. The third-order valence-corrected chi connectivity index (χ3v) is 3.63. The van der Waals surface area contributed by atoms with Gasteiger partial charge < -0.3 is 9.64 Å². The Morgan fingerprint density at radius 2 is 2.33 bits per heavy atom. The summed E-state index contributed by atoms with van der Waals surface area (Å²) in [6, 6.07) is 7.18. The Hall–Kier alpha value is -0.930. The Morgan fingerprint density at radius 1 is 1.50 bits per heavy atom. The molecule has 98 valence electrons. The molecule has 0 aromatic heterocycles. The molecule has 18 heavy (non-hydrogen) atoms. The van der Waals surface area contributed by atoms with E-state index in [1.54, 1.807) is 29.2 Å². The van der Waals surface area contributed by atoms with Crippen LogP contribution in [0.25, 0.3) is 0 Å². The number of hydrogen-bond acceptors (Lipinski definition) is 2. The number of ether oxygens (including phenoxy) is 1. The zero-order chi connectivity index (χ0) is 13.0. The number of carbonyl (C=O) groups is 1. The third-order valence-electron chi connectivity index (χ3n) is 3.03. The first kappa shape index (κ1) is 13.5. The van der Waals surface area contributed by atoms with Crippen LogP contribution in [0.5, 0.6) is 5.75 Å². The van der Waals surface area contributed by atoms with Crippen molar-refractivity contribution in [3.05, 3.63) is 29.3 Å². The minimum absolute atomic E-state index is 0.0156. The Labute approximate surface area is 117 Å². The molecule has 0 N–H and O–H groups in total. The van der Waals surface area contributed by atoms with Gasteiger partial charge >= 0.3 is 0 Å². The molecule has 1 aromatic rings. The van der Waals surface area contributed by atoms with Crippen LogP contribution in [0.2, 0.25) is 5.02 Å². The van der Waals surface area contributed by atoms with Crippen LogP contribution < -0.4 is 4.74 Å². The first-order valence-electron chi connectivity index (χ1n) is 5.94. The summed E-state index contributed by atoms with van der Waals surface area (Å²) in [4.78, 5) is 13.8. The van der Waals surface area contributed by atoms with Crippen molar-refractivity contribution in [2.24, 2.45) is 0 Å². The molecule has 2 rings (SSSR count). The van der Waals surface area contributed by atoms with Crippen molar-refractivity contribution in [3.63, 3.8) is 0 Å². The number of likely N-dealkylation sites (tertiary alicyclic amines) is 1. The Morgan fingerprint density at radius 3 is 3.06 bits per heavy atom. The molecule has 5 heteroatoms. The SMILES string of the molecule is O=C(COc1cccc(Cl)c1)N1CCCC1CCl. The van der Waals surface area contributed by atoms with Gasteiger partial charge in [-0.2, -0.15) is 0 Å². The predicted octanol–water partition coefficient (Wildman–Crippen LogP) is 2.95. The summed E-state index contributed by atoms with van der Waals surface area (Å²) >= 11 is 11.7. The van der Waals surface area contributed by atoms with Gasteiger partial charge in [0, 0.05) is 23.5 Å². The van der Waals surface area contributed by atoms with E-state index in [9.17, 15) is 4.79 Å². The van der Waals surface area contributed by atoms with Gasteiger partial charge in [0.2, 0.25) is 0 Å². The van der Waals surface area contributed by atoms with E-state index in [1.807, 2.05) is 0 Å². The lowest BCUT2D eigenvalue weighted by Gasteiger charge is -2.22. The van der Waals surface area contributed by atoms with Crippen LogP contribution in [0.4, 0.5) is 0 Å². The van der Waals surface area contributed by atoms with Crippen molar-refractivity contribution in [2.45, 2.75) is 18.9 Å². The van der Waals surface area contributed by atoms with Crippen molar-refractivity contribution in [2.75, 3.05) is 19.0 Å². The van der Waals surface area contributed by atoms with Gasteiger partial charge in [-0.3, -0.25) is 4.79 Å². The van der Waals surface area contributed by atoms with Gasteiger partial charge in [0.1, 0.15) is 5.75 Å². The van der Waals surface area contributed by atoms with E-state index in [2.05, 4.69) is 0 Å². The standard InChI is InChI=1S/C13H15Cl2NO2/c14-8-11-4-2-6-16(11)13(17)9-18-12-5-1-3-10(15)7-12/h1,3,5,7,11H,2,4,6,8-9H2. The lowest BCUT2D eigenvalue weighted by atomic mass is 10.2. The molecule has 3 nitrogen and oxygen atoms in total. The summed E-state index contributed by atoms with van der Waals surface area (Å²) in [5, 5.41) is 0.597. The summed E-state index contributed by atoms with van der Waals surface area (Å²) in [6.45, 7) is 0.808. The van der Waals surface area contributed by atoms with E-state index in [0.717, 1.165) is 19.4 Å². The first-order valence-corrected chi connectivity index (χ1v) is 6.86. The lowest BCUT2D eigenvalue weighted by molar-refractivity contribution is -0.133. The molecule has 0 saturated carbocycles. The third kappa shape index (κ3) is 3.30. The average Bonchev–Trinajstić information content (AvgIpc) is 2.84. The van der Waals surface area contributed by atoms with Crippen LogP contribution in [0.1, 0.15) is 12.8 Å². The molecule has 0 radical (unpaired) electrons. The van der Waals surface area contributed by atoms with Crippen LogP contribution in [-0.2, 0) is 4.79 Å². The van der Waals surface area contributed by atoms with Crippen molar-refractivity contribution in [1.82, 2.24) is 4.90 Å². The Bertz CT molecular complexity index is 425. The van der Waals surface area contributed by atoms with E-state index in [-0.39, 0.29) is 18.6 Å². The fourth-order valence-electron chi connectivity index (χ4n) is 2.11. The summed E-state index contributed by atoms with van der Waals surface area (Å²) < 4.78 is 5.44. The van der Waals surface area contributed by atoms with Crippen LogP contribution >= 0.6 is 23.2 Å². The first-order chi connectivity index (χ1) is 8.70. The van der Waals surface area contributed by atoms with Crippen molar-refractivity contribution >= 4 is 29.1 Å².